The van der Waals surface area contributed by atoms with E-state index >= 15 is 0 Å². The molecule has 4 nitrogen and oxygen atoms in total. The molecule has 0 amide bonds. The van der Waals surface area contributed by atoms with Crippen molar-refractivity contribution in [3.05, 3.63) is 35.9 Å². The fourth-order valence-electron chi connectivity index (χ4n) is 1.05. The molecule has 0 unspecified atom stereocenters. The van der Waals surface area contributed by atoms with Crippen LogP contribution in [0.3, 0.4) is 0 Å². The summed E-state index contributed by atoms with van der Waals surface area (Å²) < 4.78 is 25.5. The van der Waals surface area contributed by atoms with Crippen LogP contribution in [0.4, 0.5) is 0 Å². The maximum absolute atomic E-state index is 10.6. The lowest BCUT2D eigenvalue weighted by molar-refractivity contribution is 0.343. The van der Waals surface area contributed by atoms with Crippen molar-refractivity contribution in [3.8, 4) is 0 Å². The number of aryl methyl sites for hydroxylation is 1. The lowest BCUT2D eigenvalue weighted by Gasteiger charge is -1.99. The number of hydrogen-bond donors (Lipinski definition) is 0. The van der Waals surface area contributed by atoms with E-state index in [0.29, 0.717) is 12.8 Å². The predicted octanol–water partition coefficient (Wildman–Crippen LogP) is 2.15. The predicted molar refractivity (Wildman–Crippen MR) is 64.0 cm³/mol. The molecule has 0 bridgehead atoms. The third-order valence-corrected chi connectivity index (χ3v) is 2.34. The topological polar surface area (TPSA) is 55.7 Å². The minimum atomic E-state index is -3.57. The molecule has 0 atom stereocenters. The molecule has 0 spiro atoms. The first kappa shape index (κ1) is 13.0. The SMILES string of the molecule is CS(=O)(=O)ON=C(Cl)CCc1ccccc1. The van der Waals surface area contributed by atoms with Crippen LogP contribution in [0.15, 0.2) is 35.5 Å². The van der Waals surface area contributed by atoms with E-state index in [9.17, 15) is 8.42 Å². The third kappa shape index (κ3) is 5.72. The van der Waals surface area contributed by atoms with Crippen molar-refractivity contribution in [1.29, 1.82) is 0 Å². The smallest absolute Gasteiger partial charge is 0.268 e. The highest BCUT2D eigenvalue weighted by Crippen LogP contribution is 2.06. The van der Waals surface area contributed by atoms with Crippen LogP contribution in [-0.4, -0.2) is 19.8 Å². The first-order valence-corrected chi connectivity index (χ1v) is 6.82. The van der Waals surface area contributed by atoms with Gasteiger partial charge in [-0.05, 0) is 12.0 Å². The monoisotopic (exact) mass is 261 g/mol. The number of nitrogens with zero attached hydrogens (tertiary/aromatic N) is 1. The Kier molecular flexibility index (Phi) is 4.76. The lowest BCUT2D eigenvalue weighted by Crippen LogP contribution is -2.00. The van der Waals surface area contributed by atoms with Gasteiger partial charge in [0.05, 0.1) is 6.26 Å². The summed E-state index contributed by atoms with van der Waals surface area (Å²) in [6, 6.07) is 9.69. The van der Waals surface area contributed by atoms with E-state index in [0.717, 1.165) is 11.8 Å². The molecule has 0 aliphatic rings. The van der Waals surface area contributed by atoms with E-state index < -0.39 is 10.1 Å². The Balaban J connectivity index is 2.44. The zero-order valence-electron chi connectivity index (χ0n) is 8.76. The second kappa shape index (κ2) is 5.86. The summed E-state index contributed by atoms with van der Waals surface area (Å²) in [4.78, 5) is 0. The second-order valence-corrected chi connectivity index (χ2v) is 5.23. The van der Waals surface area contributed by atoms with Gasteiger partial charge in [-0.1, -0.05) is 47.1 Å². The molecule has 6 heteroatoms. The summed E-state index contributed by atoms with van der Waals surface area (Å²) in [6.45, 7) is 0. The average molecular weight is 262 g/mol. The maximum atomic E-state index is 10.6. The molecule has 0 radical (unpaired) electrons. The van der Waals surface area contributed by atoms with Crippen molar-refractivity contribution in [3.63, 3.8) is 0 Å². The van der Waals surface area contributed by atoms with Crippen molar-refractivity contribution in [2.24, 2.45) is 5.16 Å². The molecular weight excluding hydrogens is 250 g/mol. The van der Waals surface area contributed by atoms with E-state index in [1.807, 2.05) is 30.3 Å². The third-order valence-electron chi connectivity index (χ3n) is 1.73. The molecule has 1 aromatic rings. The molecule has 0 N–H and O–H groups in total. The van der Waals surface area contributed by atoms with Crippen LogP contribution < -0.4 is 0 Å². The fraction of sp³-hybridized carbons (Fsp3) is 0.300. The molecule has 16 heavy (non-hydrogen) atoms. The summed E-state index contributed by atoms with van der Waals surface area (Å²) >= 11 is 5.70. The zero-order valence-corrected chi connectivity index (χ0v) is 10.3. The van der Waals surface area contributed by atoms with Crippen LogP contribution in [0.25, 0.3) is 0 Å². The van der Waals surface area contributed by atoms with Gasteiger partial charge in [0.15, 0.2) is 0 Å². The number of hydrogen-bond acceptors (Lipinski definition) is 4. The molecule has 1 rings (SSSR count). The van der Waals surface area contributed by atoms with Gasteiger partial charge in [0.2, 0.25) is 0 Å². The molecule has 0 saturated carbocycles. The van der Waals surface area contributed by atoms with Crippen LogP contribution in [0.5, 0.6) is 0 Å². The quantitative estimate of drug-likeness (QED) is 0.603. The highest BCUT2D eigenvalue weighted by molar-refractivity contribution is 7.85. The molecule has 0 heterocycles. The Morgan fingerprint density at radius 3 is 2.56 bits per heavy atom. The van der Waals surface area contributed by atoms with Gasteiger partial charge in [0.1, 0.15) is 5.17 Å². The summed E-state index contributed by atoms with van der Waals surface area (Å²) in [5.41, 5.74) is 1.11. The molecule has 0 aromatic heterocycles. The van der Waals surface area contributed by atoms with E-state index in [1.54, 1.807) is 0 Å². The largest absolute Gasteiger partial charge is 0.325 e. The molecule has 0 saturated heterocycles. The number of oxime groups is 1. The Morgan fingerprint density at radius 2 is 2.00 bits per heavy atom. The van der Waals surface area contributed by atoms with Gasteiger partial charge in [0.25, 0.3) is 0 Å². The minimum absolute atomic E-state index is 0.134. The standard InChI is InChI=1S/C10H12ClNO3S/c1-16(13,14)15-12-10(11)8-7-9-5-3-2-4-6-9/h2-6H,7-8H2,1H3. The Hall–Kier alpha value is -1.07. The van der Waals surface area contributed by atoms with Gasteiger partial charge in [0, 0.05) is 6.42 Å². The highest BCUT2D eigenvalue weighted by Gasteiger charge is 2.02. The summed E-state index contributed by atoms with van der Waals surface area (Å²) in [5.74, 6) is 0. The molecule has 0 aliphatic heterocycles. The van der Waals surface area contributed by atoms with Crippen molar-refractivity contribution in [2.75, 3.05) is 6.26 Å². The minimum Gasteiger partial charge on any atom is -0.268 e. The molecule has 88 valence electrons. The summed E-state index contributed by atoms with van der Waals surface area (Å²) in [6.07, 6.45) is 2.05. The van der Waals surface area contributed by atoms with Gasteiger partial charge in [-0.3, -0.25) is 4.28 Å². The van der Waals surface area contributed by atoms with Crippen LogP contribution in [0, 0.1) is 0 Å². The summed E-state index contributed by atoms with van der Waals surface area (Å²) in [5, 5.41) is 3.44. The van der Waals surface area contributed by atoms with Gasteiger partial charge >= 0.3 is 10.1 Å². The Bertz CT molecular complexity index is 456. The zero-order chi connectivity index (χ0) is 12.0. The van der Waals surface area contributed by atoms with Crippen molar-refractivity contribution < 1.29 is 12.7 Å². The van der Waals surface area contributed by atoms with E-state index in [2.05, 4.69) is 9.44 Å². The van der Waals surface area contributed by atoms with E-state index in [-0.39, 0.29) is 5.17 Å². The first-order valence-electron chi connectivity index (χ1n) is 4.62. The number of benzene rings is 1. The van der Waals surface area contributed by atoms with Gasteiger partial charge in [-0.2, -0.15) is 8.42 Å². The molecule has 1 aromatic carbocycles. The lowest BCUT2D eigenvalue weighted by atomic mass is 10.1. The first-order chi connectivity index (χ1) is 7.47. The molecular formula is C10H12ClNO3S. The van der Waals surface area contributed by atoms with Crippen molar-refractivity contribution >= 4 is 26.9 Å². The van der Waals surface area contributed by atoms with Crippen LogP contribution >= 0.6 is 11.6 Å². The van der Waals surface area contributed by atoms with Crippen LogP contribution in [0.1, 0.15) is 12.0 Å². The number of halogens is 1. The second-order valence-electron chi connectivity index (χ2n) is 3.23. The molecule has 0 fully saturated rings. The van der Waals surface area contributed by atoms with E-state index in [1.165, 1.54) is 0 Å². The van der Waals surface area contributed by atoms with Crippen molar-refractivity contribution in [1.82, 2.24) is 0 Å². The summed E-state index contributed by atoms with van der Waals surface area (Å²) in [7, 11) is -3.57. The highest BCUT2D eigenvalue weighted by atomic mass is 35.5. The normalized spacial score (nSPS) is 12.5. The van der Waals surface area contributed by atoms with Gasteiger partial charge in [-0.15, -0.1) is 0 Å². The van der Waals surface area contributed by atoms with Crippen LogP contribution in [0.2, 0.25) is 0 Å². The fourth-order valence-corrected chi connectivity index (χ4v) is 1.44. The van der Waals surface area contributed by atoms with Crippen LogP contribution in [-0.2, 0) is 20.8 Å². The molecule has 0 aliphatic carbocycles. The van der Waals surface area contributed by atoms with Gasteiger partial charge in [-0.25, -0.2) is 0 Å². The average Bonchev–Trinajstić information content (AvgIpc) is 2.24. The Morgan fingerprint density at radius 1 is 1.38 bits per heavy atom. The van der Waals surface area contributed by atoms with Crippen molar-refractivity contribution in [2.45, 2.75) is 12.8 Å². The van der Waals surface area contributed by atoms with Gasteiger partial charge < -0.3 is 0 Å². The Labute approximate surface area is 100.0 Å². The maximum Gasteiger partial charge on any atom is 0.325 e. The van der Waals surface area contributed by atoms with E-state index in [4.69, 9.17) is 11.6 Å². The number of rotatable bonds is 5.